The number of hydrogen-bond acceptors (Lipinski definition) is 5. The average Bonchev–Trinajstić information content (AvgIpc) is 2.95. The zero-order valence-corrected chi connectivity index (χ0v) is 11.1. The van der Waals surface area contributed by atoms with E-state index in [4.69, 9.17) is 9.68 Å². The molecule has 0 aliphatic carbocycles. The number of rotatable bonds is 5. The Morgan fingerprint density at radius 1 is 1.40 bits per heavy atom. The van der Waals surface area contributed by atoms with Crippen LogP contribution in [-0.4, -0.2) is 13.1 Å². The van der Waals surface area contributed by atoms with Gasteiger partial charge in [0.15, 0.2) is 0 Å². The third-order valence-electron chi connectivity index (χ3n) is 2.76. The summed E-state index contributed by atoms with van der Waals surface area (Å²) >= 11 is 0. The minimum Gasteiger partial charge on any atom is -0.467 e. The zero-order chi connectivity index (χ0) is 14.4. The van der Waals surface area contributed by atoms with E-state index in [1.165, 1.54) is 13.4 Å². The van der Waals surface area contributed by atoms with Gasteiger partial charge in [0, 0.05) is 6.54 Å². The van der Waals surface area contributed by atoms with E-state index in [-0.39, 0.29) is 0 Å². The fraction of sp³-hybridized carbons (Fsp3) is 0.200. The minimum absolute atomic E-state index is 0.399. The lowest BCUT2D eigenvalue weighted by molar-refractivity contribution is 0.0600. The second-order valence-corrected chi connectivity index (χ2v) is 4.21. The fourth-order valence-corrected chi connectivity index (χ4v) is 1.78. The van der Waals surface area contributed by atoms with Crippen LogP contribution in [0.2, 0.25) is 0 Å². The first-order valence-electron chi connectivity index (χ1n) is 6.08. The highest BCUT2D eigenvalue weighted by atomic mass is 16.5. The number of esters is 1. The normalized spacial score (nSPS) is 10.0. The van der Waals surface area contributed by atoms with Crippen molar-refractivity contribution in [2.45, 2.75) is 13.1 Å². The van der Waals surface area contributed by atoms with E-state index in [9.17, 15) is 4.79 Å². The number of nitrogens with zero attached hydrogens (tertiary/aromatic N) is 1. The van der Waals surface area contributed by atoms with E-state index >= 15 is 0 Å². The molecular weight excluding hydrogens is 256 g/mol. The SMILES string of the molecule is COC(=O)c1coc(CNCc2cccc(C#N)c2)c1. The minimum atomic E-state index is -0.415. The number of carbonyl (C=O) groups excluding carboxylic acids is 1. The molecule has 0 unspecified atom stereocenters. The Kier molecular flexibility index (Phi) is 4.53. The van der Waals surface area contributed by atoms with Crippen molar-refractivity contribution in [2.24, 2.45) is 0 Å². The molecule has 0 atom stereocenters. The summed E-state index contributed by atoms with van der Waals surface area (Å²) in [4.78, 5) is 11.3. The van der Waals surface area contributed by atoms with Crippen LogP contribution in [0.3, 0.4) is 0 Å². The lowest BCUT2D eigenvalue weighted by Gasteiger charge is -2.03. The summed E-state index contributed by atoms with van der Waals surface area (Å²) in [7, 11) is 1.33. The van der Waals surface area contributed by atoms with Crippen molar-refractivity contribution in [1.82, 2.24) is 5.32 Å². The van der Waals surface area contributed by atoms with E-state index in [1.807, 2.05) is 18.2 Å². The molecule has 0 spiro atoms. The van der Waals surface area contributed by atoms with Crippen molar-refractivity contribution in [1.29, 1.82) is 5.26 Å². The van der Waals surface area contributed by atoms with Crippen LogP contribution in [0.15, 0.2) is 41.0 Å². The Hall–Kier alpha value is -2.58. The second kappa shape index (κ2) is 6.55. The highest BCUT2D eigenvalue weighted by molar-refractivity contribution is 5.88. The Balaban J connectivity index is 1.88. The molecule has 20 heavy (non-hydrogen) atoms. The molecule has 1 aromatic heterocycles. The van der Waals surface area contributed by atoms with Crippen LogP contribution in [0.1, 0.15) is 27.2 Å². The van der Waals surface area contributed by atoms with Gasteiger partial charge >= 0.3 is 5.97 Å². The molecule has 0 aliphatic heterocycles. The van der Waals surface area contributed by atoms with Gasteiger partial charge in [-0.15, -0.1) is 0 Å². The number of benzene rings is 1. The van der Waals surface area contributed by atoms with Crippen molar-refractivity contribution in [2.75, 3.05) is 7.11 Å². The molecule has 1 aromatic carbocycles. The van der Waals surface area contributed by atoms with E-state index < -0.39 is 5.97 Å². The molecule has 0 bridgehead atoms. The third kappa shape index (κ3) is 3.46. The van der Waals surface area contributed by atoms with Crippen LogP contribution in [0, 0.1) is 11.3 Å². The summed E-state index contributed by atoms with van der Waals surface area (Å²) in [6.45, 7) is 1.11. The summed E-state index contributed by atoms with van der Waals surface area (Å²) in [5, 5.41) is 12.0. The van der Waals surface area contributed by atoms with Gasteiger partial charge in [0.05, 0.1) is 30.9 Å². The van der Waals surface area contributed by atoms with E-state index in [0.29, 0.717) is 30.0 Å². The molecular formula is C15H14N2O3. The van der Waals surface area contributed by atoms with Crippen LogP contribution in [0.4, 0.5) is 0 Å². The van der Waals surface area contributed by atoms with Gasteiger partial charge in [-0.3, -0.25) is 0 Å². The Morgan fingerprint density at radius 3 is 3.00 bits per heavy atom. The molecule has 0 radical (unpaired) electrons. The van der Waals surface area contributed by atoms with Crippen molar-refractivity contribution in [3.8, 4) is 6.07 Å². The maximum Gasteiger partial charge on any atom is 0.341 e. The molecule has 0 saturated carbocycles. The predicted molar refractivity (Wildman–Crippen MR) is 71.7 cm³/mol. The number of furan rings is 1. The second-order valence-electron chi connectivity index (χ2n) is 4.21. The smallest absolute Gasteiger partial charge is 0.341 e. The van der Waals surface area contributed by atoms with E-state index in [1.54, 1.807) is 12.1 Å². The largest absolute Gasteiger partial charge is 0.467 e. The van der Waals surface area contributed by atoms with Crippen molar-refractivity contribution in [3.63, 3.8) is 0 Å². The van der Waals surface area contributed by atoms with Crippen LogP contribution in [0.5, 0.6) is 0 Å². The first-order valence-corrected chi connectivity index (χ1v) is 6.08. The van der Waals surface area contributed by atoms with Gasteiger partial charge in [0.2, 0.25) is 0 Å². The molecule has 1 heterocycles. The first kappa shape index (κ1) is 13.8. The average molecular weight is 270 g/mol. The van der Waals surface area contributed by atoms with Crippen LogP contribution in [0.25, 0.3) is 0 Å². The molecule has 2 rings (SSSR count). The number of carbonyl (C=O) groups is 1. The number of ether oxygens (including phenoxy) is 1. The summed E-state index contributed by atoms with van der Waals surface area (Å²) in [6.07, 6.45) is 1.37. The molecule has 0 saturated heterocycles. The Morgan fingerprint density at radius 2 is 2.25 bits per heavy atom. The van der Waals surface area contributed by atoms with Gasteiger partial charge in [-0.1, -0.05) is 12.1 Å². The molecule has 102 valence electrons. The monoisotopic (exact) mass is 270 g/mol. The maximum absolute atomic E-state index is 11.3. The van der Waals surface area contributed by atoms with Crippen LogP contribution in [-0.2, 0) is 17.8 Å². The van der Waals surface area contributed by atoms with Gasteiger partial charge in [0.1, 0.15) is 12.0 Å². The topological polar surface area (TPSA) is 75.3 Å². The predicted octanol–water partition coefficient (Wildman–Crippen LogP) is 2.23. The van der Waals surface area contributed by atoms with Crippen LogP contribution < -0.4 is 5.32 Å². The number of nitrogens with one attached hydrogen (secondary N) is 1. The third-order valence-corrected chi connectivity index (χ3v) is 2.76. The molecule has 5 nitrogen and oxygen atoms in total. The Labute approximate surface area is 116 Å². The Bertz CT molecular complexity index is 641. The highest BCUT2D eigenvalue weighted by Crippen LogP contribution is 2.09. The fourth-order valence-electron chi connectivity index (χ4n) is 1.78. The van der Waals surface area contributed by atoms with Gasteiger partial charge in [0.25, 0.3) is 0 Å². The standard InChI is InChI=1S/C15H14N2O3/c1-19-15(18)13-6-14(20-10-13)9-17-8-12-4-2-3-11(5-12)7-16/h2-6,10,17H,8-9H2,1H3. The summed E-state index contributed by atoms with van der Waals surface area (Å²) < 4.78 is 9.85. The lowest BCUT2D eigenvalue weighted by Crippen LogP contribution is -2.12. The molecule has 1 N–H and O–H groups in total. The first-order chi connectivity index (χ1) is 9.72. The van der Waals surface area contributed by atoms with Crippen molar-refractivity contribution >= 4 is 5.97 Å². The van der Waals surface area contributed by atoms with Crippen molar-refractivity contribution in [3.05, 3.63) is 59.0 Å². The molecule has 5 heteroatoms. The number of nitriles is 1. The van der Waals surface area contributed by atoms with Crippen molar-refractivity contribution < 1.29 is 13.9 Å². The molecule has 0 aliphatic rings. The van der Waals surface area contributed by atoms with E-state index in [2.05, 4.69) is 16.1 Å². The summed E-state index contributed by atoms with van der Waals surface area (Å²) in [6, 6.07) is 11.1. The van der Waals surface area contributed by atoms with Crippen LogP contribution >= 0.6 is 0 Å². The maximum atomic E-state index is 11.3. The highest BCUT2D eigenvalue weighted by Gasteiger charge is 2.09. The quantitative estimate of drug-likeness (QED) is 0.843. The summed E-state index contributed by atoms with van der Waals surface area (Å²) in [5.41, 5.74) is 2.05. The van der Waals surface area contributed by atoms with Gasteiger partial charge in [-0.2, -0.15) is 5.26 Å². The molecule has 0 fully saturated rings. The molecule has 2 aromatic rings. The number of hydrogen-bond donors (Lipinski definition) is 1. The van der Waals surface area contributed by atoms with Gasteiger partial charge in [-0.05, 0) is 23.8 Å². The zero-order valence-electron chi connectivity index (χ0n) is 11.1. The van der Waals surface area contributed by atoms with Gasteiger partial charge < -0.3 is 14.5 Å². The number of methoxy groups -OCH3 is 1. The molecule has 0 amide bonds. The summed E-state index contributed by atoms with van der Waals surface area (Å²) in [5.74, 6) is 0.239. The lowest BCUT2D eigenvalue weighted by atomic mass is 10.1. The van der Waals surface area contributed by atoms with E-state index in [0.717, 1.165) is 5.56 Å². The van der Waals surface area contributed by atoms with Gasteiger partial charge in [-0.25, -0.2) is 4.79 Å².